The lowest BCUT2D eigenvalue weighted by molar-refractivity contribution is -0.138. The van der Waals surface area contributed by atoms with Crippen molar-refractivity contribution in [2.75, 3.05) is 6.61 Å². The van der Waals surface area contributed by atoms with Crippen molar-refractivity contribution in [3.05, 3.63) is 0 Å². The Hall–Kier alpha value is -1.79. The maximum absolute atomic E-state index is 10.0. The summed E-state index contributed by atoms with van der Waals surface area (Å²) in [4.78, 5) is 29.5. The van der Waals surface area contributed by atoms with Crippen LogP contribution in [-0.4, -0.2) is 40.0 Å². The van der Waals surface area contributed by atoms with Crippen molar-refractivity contribution >= 4 is 18.1 Å². The molecule has 0 aromatic carbocycles. The highest BCUT2D eigenvalue weighted by molar-refractivity contribution is 5.66. The average Bonchev–Trinajstić information content (AvgIpc) is 2.23. The second-order valence-electron chi connectivity index (χ2n) is 3.40. The minimum Gasteiger partial charge on any atom is -0.481 e. The van der Waals surface area contributed by atoms with E-state index in [0.29, 0.717) is 12.8 Å². The Balaban J connectivity index is 0. The van der Waals surface area contributed by atoms with Crippen molar-refractivity contribution in [3.63, 3.8) is 0 Å². The molecule has 0 atom stereocenters. The third-order valence-electron chi connectivity index (χ3n) is 1.80. The quantitative estimate of drug-likeness (QED) is 0.453. The van der Waals surface area contributed by atoms with Crippen molar-refractivity contribution in [1.29, 1.82) is 0 Å². The number of ether oxygens (including phenoxy) is 1. The first kappa shape index (κ1) is 18.6. The summed E-state index contributed by atoms with van der Waals surface area (Å²) >= 11 is 0. The Morgan fingerprint density at radius 2 is 1.22 bits per heavy atom. The summed E-state index contributed by atoms with van der Waals surface area (Å²) in [6.45, 7) is 1.85. The number of carbonyl (C=O) groups is 3. The lowest BCUT2D eigenvalue weighted by atomic mass is 10.1. The molecule has 0 aromatic rings. The van der Waals surface area contributed by atoms with Crippen molar-refractivity contribution in [3.8, 4) is 0 Å². The average molecular weight is 264 g/mol. The van der Waals surface area contributed by atoms with Crippen LogP contribution in [0.1, 0.15) is 45.4 Å². The van der Waals surface area contributed by atoms with E-state index in [4.69, 9.17) is 15.3 Å². The van der Waals surface area contributed by atoms with Gasteiger partial charge in [0.2, 0.25) is 0 Å². The summed E-state index contributed by atoms with van der Waals surface area (Å²) in [5.74, 6) is -1.57. The monoisotopic (exact) mass is 264 g/mol. The van der Waals surface area contributed by atoms with Gasteiger partial charge in [0.05, 0.1) is 6.61 Å². The first-order valence-electron chi connectivity index (χ1n) is 5.69. The van der Waals surface area contributed by atoms with Crippen LogP contribution in [-0.2, 0) is 14.3 Å². The summed E-state index contributed by atoms with van der Waals surface area (Å²) in [6.07, 6.45) is 2.07. The van der Waals surface area contributed by atoms with Gasteiger partial charge in [-0.1, -0.05) is 12.8 Å². The second kappa shape index (κ2) is 13.3. The highest BCUT2D eigenvalue weighted by atomic mass is 16.7. The molecule has 0 spiro atoms. The van der Waals surface area contributed by atoms with E-state index < -0.39 is 18.1 Å². The van der Waals surface area contributed by atoms with E-state index in [9.17, 15) is 14.4 Å². The van der Waals surface area contributed by atoms with E-state index in [-0.39, 0.29) is 19.4 Å². The number of unbranched alkanes of at least 4 members (excludes halogenated alkanes) is 3. The summed E-state index contributed by atoms with van der Waals surface area (Å²) in [7, 11) is 0. The highest BCUT2D eigenvalue weighted by Gasteiger charge is 1.98. The third-order valence-corrected chi connectivity index (χ3v) is 1.80. The van der Waals surface area contributed by atoms with Crippen LogP contribution in [0.15, 0.2) is 0 Å². The molecule has 0 saturated heterocycles. The van der Waals surface area contributed by atoms with Gasteiger partial charge >= 0.3 is 18.1 Å². The summed E-state index contributed by atoms with van der Waals surface area (Å²) in [5, 5.41) is 24.2. The SMILES string of the molecule is CCOC(=O)O.O=C(O)CCCCCCC(=O)O. The van der Waals surface area contributed by atoms with Crippen molar-refractivity contribution < 1.29 is 34.4 Å². The van der Waals surface area contributed by atoms with Gasteiger partial charge in [0.1, 0.15) is 0 Å². The molecule has 0 bridgehead atoms. The molecule has 18 heavy (non-hydrogen) atoms. The van der Waals surface area contributed by atoms with E-state index in [1.165, 1.54) is 0 Å². The lowest BCUT2D eigenvalue weighted by Crippen LogP contribution is -1.97. The predicted molar refractivity (Wildman–Crippen MR) is 62.6 cm³/mol. The molecule has 0 amide bonds. The first-order chi connectivity index (χ1) is 8.40. The summed E-state index contributed by atoms with van der Waals surface area (Å²) in [6, 6.07) is 0. The molecule has 7 heteroatoms. The molecular weight excluding hydrogens is 244 g/mol. The molecule has 0 rings (SSSR count). The van der Waals surface area contributed by atoms with Gasteiger partial charge in [-0.2, -0.15) is 0 Å². The van der Waals surface area contributed by atoms with E-state index in [1.54, 1.807) is 6.92 Å². The zero-order chi connectivity index (χ0) is 14.4. The van der Waals surface area contributed by atoms with Gasteiger partial charge in [0.15, 0.2) is 0 Å². The van der Waals surface area contributed by atoms with Crippen LogP contribution < -0.4 is 0 Å². The highest BCUT2D eigenvalue weighted by Crippen LogP contribution is 2.04. The molecule has 0 aliphatic carbocycles. The van der Waals surface area contributed by atoms with Gasteiger partial charge in [-0.25, -0.2) is 4.79 Å². The van der Waals surface area contributed by atoms with Gasteiger partial charge in [-0.15, -0.1) is 0 Å². The smallest absolute Gasteiger partial charge is 0.481 e. The van der Waals surface area contributed by atoms with Gasteiger partial charge in [-0.05, 0) is 19.8 Å². The molecule has 0 unspecified atom stereocenters. The van der Waals surface area contributed by atoms with Gasteiger partial charge < -0.3 is 20.1 Å². The van der Waals surface area contributed by atoms with Crippen LogP contribution in [0.25, 0.3) is 0 Å². The zero-order valence-electron chi connectivity index (χ0n) is 10.4. The van der Waals surface area contributed by atoms with E-state index in [0.717, 1.165) is 12.8 Å². The molecule has 3 N–H and O–H groups in total. The lowest BCUT2D eigenvalue weighted by Gasteiger charge is -1.96. The Bertz CT molecular complexity index is 232. The number of carboxylic acid groups (broad SMARTS) is 3. The molecule has 0 aliphatic rings. The number of carboxylic acids is 2. The van der Waals surface area contributed by atoms with Gasteiger partial charge in [0, 0.05) is 12.8 Å². The topological polar surface area (TPSA) is 121 Å². The molecular formula is C11H20O7. The minimum absolute atomic E-state index is 0.188. The molecule has 0 aliphatic heterocycles. The molecule has 0 fully saturated rings. The second-order valence-corrected chi connectivity index (χ2v) is 3.40. The maximum Gasteiger partial charge on any atom is 0.505 e. The molecule has 0 radical (unpaired) electrons. The predicted octanol–water partition coefficient (Wildman–Crippen LogP) is 2.20. The van der Waals surface area contributed by atoms with E-state index in [2.05, 4.69) is 4.74 Å². The van der Waals surface area contributed by atoms with Crippen LogP contribution >= 0.6 is 0 Å². The van der Waals surface area contributed by atoms with Crippen molar-refractivity contribution in [2.45, 2.75) is 45.4 Å². The van der Waals surface area contributed by atoms with Crippen molar-refractivity contribution in [1.82, 2.24) is 0 Å². The molecule has 0 aromatic heterocycles. The number of hydrogen-bond donors (Lipinski definition) is 3. The Labute approximate surface area is 105 Å². The number of rotatable bonds is 8. The fraction of sp³-hybridized carbons (Fsp3) is 0.727. The van der Waals surface area contributed by atoms with Crippen LogP contribution in [0.5, 0.6) is 0 Å². The first-order valence-corrected chi connectivity index (χ1v) is 5.69. The van der Waals surface area contributed by atoms with Gasteiger partial charge in [-0.3, -0.25) is 9.59 Å². The van der Waals surface area contributed by atoms with Crippen LogP contribution in [0, 0.1) is 0 Å². The van der Waals surface area contributed by atoms with Gasteiger partial charge in [0.25, 0.3) is 0 Å². The molecule has 7 nitrogen and oxygen atoms in total. The minimum atomic E-state index is -1.21. The zero-order valence-corrected chi connectivity index (χ0v) is 10.4. The van der Waals surface area contributed by atoms with E-state index >= 15 is 0 Å². The fourth-order valence-corrected chi connectivity index (χ4v) is 1.03. The number of aliphatic carboxylic acids is 2. The summed E-state index contributed by atoms with van der Waals surface area (Å²) < 4.78 is 3.96. The Morgan fingerprint density at radius 1 is 0.833 bits per heavy atom. The van der Waals surface area contributed by atoms with Crippen LogP contribution in [0.2, 0.25) is 0 Å². The Kier molecular flexibility index (Phi) is 13.7. The normalized spacial score (nSPS) is 8.94. The molecule has 0 heterocycles. The fourth-order valence-electron chi connectivity index (χ4n) is 1.03. The summed E-state index contributed by atoms with van der Waals surface area (Å²) in [5.41, 5.74) is 0. The number of hydrogen-bond acceptors (Lipinski definition) is 4. The maximum atomic E-state index is 10.0. The molecule has 106 valence electrons. The van der Waals surface area contributed by atoms with Crippen LogP contribution in [0.4, 0.5) is 4.79 Å². The molecule has 0 saturated carbocycles. The van der Waals surface area contributed by atoms with Crippen molar-refractivity contribution in [2.24, 2.45) is 0 Å². The van der Waals surface area contributed by atoms with E-state index in [1.807, 2.05) is 0 Å². The third kappa shape index (κ3) is 23.8. The largest absolute Gasteiger partial charge is 0.505 e. The van der Waals surface area contributed by atoms with Crippen LogP contribution in [0.3, 0.4) is 0 Å². The standard InChI is InChI=1S/C8H14O4.C3H6O3/c9-7(10)5-3-1-2-4-6-8(11)12;1-2-6-3(4)5/h1-6H2,(H,9,10)(H,11,12);2H2,1H3,(H,4,5). The Morgan fingerprint density at radius 3 is 1.39 bits per heavy atom.